The highest BCUT2D eigenvalue weighted by Crippen LogP contribution is 2.21. The smallest absolute Gasteiger partial charge is 0.253 e. The normalized spacial score (nSPS) is 11.7. The van der Waals surface area contributed by atoms with Crippen LogP contribution in [0.2, 0.25) is 0 Å². The molecule has 0 aliphatic carbocycles. The third kappa shape index (κ3) is 4.78. The lowest BCUT2D eigenvalue weighted by molar-refractivity contribution is 0.0810. The van der Waals surface area contributed by atoms with Crippen LogP contribution < -0.4 is 5.14 Å². The zero-order valence-corrected chi connectivity index (χ0v) is 15.4. The molecule has 0 bridgehead atoms. The molecule has 2 N–H and O–H groups in total. The van der Waals surface area contributed by atoms with Crippen LogP contribution in [-0.2, 0) is 10.0 Å². The van der Waals surface area contributed by atoms with Crippen molar-refractivity contribution in [3.8, 4) is 0 Å². The molecule has 132 valence electrons. The third-order valence-electron chi connectivity index (χ3n) is 4.01. The molecule has 25 heavy (non-hydrogen) atoms. The van der Waals surface area contributed by atoms with Crippen molar-refractivity contribution in [1.29, 1.82) is 0 Å². The van der Waals surface area contributed by atoms with Gasteiger partial charge >= 0.3 is 0 Å². The lowest BCUT2D eigenvalue weighted by Crippen LogP contribution is -2.27. The Kier molecular flexibility index (Phi) is 5.77. The first kappa shape index (κ1) is 18.9. The summed E-state index contributed by atoms with van der Waals surface area (Å²) in [5.41, 5.74) is 2.63. The fourth-order valence-corrected chi connectivity index (χ4v) is 3.34. The molecule has 0 aliphatic rings. The van der Waals surface area contributed by atoms with Crippen LogP contribution >= 0.6 is 0 Å². The second-order valence-corrected chi connectivity index (χ2v) is 7.49. The van der Waals surface area contributed by atoms with E-state index in [2.05, 4.69) is 0 Å². The molecule has 5 nitrogen and oxygen atoms in total. The fraction of sp³-hybridized carbons (Fsp3) is 0.211. The number of carbonyl (C=O) groups excluding carboxylic acids is 1. The molecule has 0 aromatic heterocycles. The van der Waals surface area contributed by atoms with E-state index in [1.54, 1.807) is 27.0 Å². The van der Waals surface area contributed by atoms with E-state index in [9.17, 15) is 13.2 Å². The van der Waals surface area contributed by atoms with E-state index >= 15 is 0 Å². The van der Waals surface area contributed by atoms with Crippen LogP contribution in [-0.4, -0.2) is 32.8 Å². The fourth-order valence-electron chi connectivity index (χ4n) is 2.46. The highest BCUT2D eigenvalue weighted by atomic mass is 32.2. The summed E-state index contributed by atoms with van der Waals surface area (Å²) >= 11 is 0. The summed E-state index contributed by atoms with van der Waals surface area (Å²) in [5.74, 6) is -0.259. The van der Waals surface area contributed by atoms with E-state index in [-0.39, 0.29) is 10.8 Å². The van der Waals surface area contributed by atoms with Crippen LogP contribution in [0.4, 0.5) is 0 Å². The molecule has 0 fully saturated rings. The maximum atomic E-state index is 12.6. The summed E-state index contributed by atoms with van der Waals surface area (Å²) in [4.78, 5) is 14.1. The van der Waals surface area contributed by atoms with E-state index < -0.39 is 10.0 Å². The van der Waals surface area contributed by atoms with Crippen LogP contribution in [0.25, 0.3) is 6.08 Å². The molecule has 0 unspecified atom stereocenters. The van der Waals surface area contributed by atoms with Crippen LogP contribution in [0.15, 0.2) is 53.4 Å². The number of sulfonamides is 1. The van der Waals surface area contributed by atoms with Crippen molar-refractivity contribution in [3.05, 3.63) is 70.8 Å². The summed E-state index contributed by atoms with van der Waals surface area (Å²) in [6.07, 6.45) is 3.81. The zero-order valence-electron chi connectivity index (χ0n) is 14.6. The predicted molar refractivity (Wildman–Crippen MR) is 99.7 cm³/mol. The van der Waals surface area contributed by atoms with Crippen molar-refractivity contribution in [2.45, 2.75) is 18.7 Å². The SMILES string of the molecule is Cc1cc(C(=O)N(C)CC=Cc2ccccc2)cc(S(N)(=O)=O)c1C. The summed E-state index contributed by atoms with van der Waals surface area (Å²) in [5, 5.41) is 5.25. The maximum absolute atomic E-state index is 12.6. The number of amides is 1. The van der Waals surface area contributed by atoms with Crippen molar-refractivity contribution in [2.75, 3.05) is 13.6 Å². The number of benzene rings is 2. The van der Waals surface area contributed by atoms with Crippen molar-refractivity contribution >= 4 is 22.0 Å². The Labute approximate surface area is 148 Å². The molecule has 0 radical (unpaired) electrons. The molecule has 2 aromatic carbocycles. The van der Waals surface area contributed by atoms with Gasteiger partial charge in [0.2, 0.25) is 10.0 Å². The first-order valence-electron chi connectivity index (χ1n) is 7.81. The molecular formula is C19H22N2O3S. The van der Waals surface area contributed by atoms with Crippen molar-refractivity contribution in [1.82, 2.24) is 4.90 Å². The molecule has 0 spiro atoms. The minimum Gasteiger partial charge on any atom is -0.338 e. The summed E-state index contributed by atoms with van der Waals surface area (Å²) < 4.78 is 23.4. The molecule has 6 heteroatoms. The van der Waals surface area contributed by atoms with Gasteiger partial charge in [0.05, 0.1) is 4.90 Å². The van der Waals surface area contributed by atoms with Gasteiger partial charge in [0.15, 0.2) is 0 Å². The number of aryl methyl sites for hydroxylation is 1. The monoisotopic (exact) mass is 358 g/mol. The van der Waals surface area contributed by atoms with E-state index in [1.807, 2.05) is 42.5 Å². The van der Waals surface area contributed by atoms with Gasteiger partial charge in [-0.3, -0.25) is 4.79 Å². The minimum atomic E-state index is -3.88. The number of nitrogens with two attached hydrogens (primary N) is 1. The molecular weight excluding hydrogens is 336 g/mol. The Balaban J connectivity index is 2.20. The van der Waals surface area contributed by atoms with Crippen LogP contribution in [0.3, 0.4) is 0 Å². The molecule has 0 saturated carbocycles. The molecule has 2 rings (SSSR count). The van der Waals surface area contributed by atoms with E-state index in [0.717, 1.165) is 5.56 Å². The quantitative estimate of drug-likeness (QED) is 0.892. The Hall–Kier alpha value is -2.44. The first-order chi connectivity index (χ1) is 11.7. The van der Waals surface area contributed by atoms with Crippen molar-refractivity contribution in [3.63, 3.8) is 0 Å². The van der Waals surface area contributed by atoms with Crippen LogP contribution in [0, 0.1) is 13.8 Å². The zero-order chi connectivity index (χ0) is 18.6. The van der Waals surface area contributed by atoms with Crippen LogP contribution in [0.1, 0.15) is 27.0 Å². The van der Waals surface area contributed by atoms with Crippen LogP contribution in [0.5, 0.6) is 0 Å². The summed E-state index contributed by atoms with van der Waals surface area (Å²) in [6.45, 7) is 3.84. The topological polar surface area (TPSA) is 80.5 Å². The highest BCUT2D eigenvalue weighted by molar-refractivity contribution is 7.89. The molecule has 0 aliphatic heterocycles. The van der Waals surface area contributed by atoms with E-state index in [1.165, 1.54) is 11.0 Å². The number of hydrogen-bond acceptors (Lipinski definition) is 3. The summed E-state index contributed by atoms with van der Waals surface area (Å²) in [6, 6.07) is 12.8. The van der Waals surface area contributed by atoms with Gasteiger partial charge in [-0.1, -0.05) is 42.5 Å². The number of rotatable bonds is 5. The number of hydrogen-bond donors (Lipinski definition) is 1. The predicted octanol–water partition coefficient (Wildman–Crippen LogP) is 2.74. The first-order valence-corrected chi connectivity index (χ1v) is 9.36. The standard InChI is InChI=1S/C19H22N2O3S/c1-14-12-17(13-18(15(14)2)25(20,23)24)19(22)21(3)11-7-10-16-8-5-4-6-9-16/h4-10,12-13H,11H2,1-3H3,(H2,20,23,24). The number of likely N-dealkylation sites (N-methyl/N-ethyl adjacent to an activating group) is 1. The maximum Gasteiger partial charge on any atom is 0.253 e. The Morgan fingerprint density at radius 2 is 1.80 bits per heavy atom. The Morgan fingerprint density at radius 3 is 2.40 bits per heavy atom. The van der Waals surface area contributed by atoms with Crippen molar-refractivity contribution < 1.29 is 13.2 Å². The van der Waals surface area contributed by atoms with Gasteiger partial charge in [0, 0.05) is 19.2 Å². The second-order valence-electron chi connectivity index (χ2n) is 5.96. The average molecular weight is 358 g/mol. The molecule has 0 atom stereocenters. The van der Waals surface area contributed by atoms with Gasteiger partial charge < -0.3 is 4.90 Å². The number of nitrogens with zero attached hydrogens (tertiary/aromatic N) is 1. The van der Waals surface area contributed by atoms with Gasteiger partial charge in [-0.05, 0) is 42.7 Å². The minimum absolute atomic E-state index is 0.0101. The molecule has 0 heterocycles. The lowest BCUT2D eigenvalue weighted by Gasteiger charge is -2.17. The summed E-state index contributed by atoms with van der Waals surface area (Å²) in [7, 11) is -2.21. The van der Waals surface area contributed by atoms with E-state index in [0.29, 0.717) is 23.2 Å². The lowest BCUT2D eigenvalue weighted by atomic mass is 10.1. The third-order valence-corrected chi connectivity index (χ3v) is 5.05. The van der Waals surface area contributed by atoms with Crippen molar-refractivity contribution in [2.24, 2.45) is 5.14 Å². The Bertz CT molecular complexity index is 904. The molecule has 0 saturated heterocycles. The second kappa shape index (κ2) is 7.63. The van der Waals surface area contributed by atoms with Gasteiger partial charge in [0.1, 0.15) is 0 Å². The largest absolute Gasteiger partial charge is 0.338 e. The van der Waals surface area contributed by atoms with Gasteiger partial charge in [-0.25, -0.2) is 13.6 Å². The highest BCUT2D eigenvalue weighted by Gasteiger charge is 2.19. The average Bonchev–Trinajstić information content (AvgIpc) is 2.56. The molecule has 1 amide bonds. The number of carbonyl (C=O) groups is 1. The van der Waals surface area contributed by atoms with Gasteiger partial charge in [-0.15, -0.1) is 0 Å². The number of primary sulfonamides is 1. The molecule has 2 aromatic rings. The van der Waals surface area contributed by atoms with Gasteiger partial charge in [-0.2, -0.15) is 0 Å². The van der Waals surface area contributed by atoms with Gasteiger partial charge in [0.25, 0.3) is 5.91 Å². The Morgan fingerprint density at radius 1 is 1.16 bits per heavy atom. The van der Waals surface area contributed by atoms with E-state index in [4.69, 9.17) is 5.14 Å².